The quantitative estimate of drug-likeness (QED) is 0.388. The molecule has 0 spiro atoms. The monoisotopic (exact) mass is 431 g/mol. The highest BCUT2D eigenvalue weighted by Gasteiger charge is 2.32. The van der Waals surface area contributed by atoms with Crippen LogP contribution in [0.15, 0.2) is 24.3 Å². The first-order chi connectivity index (χ1) is 14.6. The number of carbonyl (C=O) groups is 3. The highest BCUT2D eigenvalue weighted by atomic mass is 16.6. The fraction of sp³-hybridized carbons (Fsp3) is 0.522. The lowest BCUT2D eigenvalue weighted by atomic mass is 9.98. The van der Waals surface area contributed by atoms with Crippen LogP contribution in [0, 0.1) is 12.3 Å². The third kappa shape index (κ3) is 8.69. The van der Waals surface area contributed by atoms with Crippen molar-refractivity contribution in [3.05, 3.63) is 35.4 Å². The summed E-state index contributed by atoms with van der Waals surface area (Å²) in [6.07, 6.45) is 6.53. The Balaban J connectivity index is 3.17. The van der Waals surface area contributed by atoms with Crippen molar-refractivity contribution < 1.29 is 24.2 Å². The first kappa shape index (κ1) is 26.0. The molecule has 0 bridgehead atoms. The van der Waals surface area contributed by atoms with Crippen LogP contribution in [0.3, 0.4) is 0 Å². The van der Waals surface area contributed by atoms with Crippen molar-refractivity contribution in [3.63, 3.8) is 0 Å². The Hall–Kier alpha value is -3.05. The van der Waals surface area contributed by atoms with Gasteiger partial charge in [0.1, 0.15) is 18.2 Å². The molecule has 8 nitrogen and oxygen atoms in total. The highest BCUT2D eigenvalue weighted by molar-refractivity contribution is 5.91. The van der Waals surface area contributed by atoms with Crippen LogP contribution in [0.2, 0.25) is 0 Å². The van der Waals surface area contributed by atoms with E-state index in [0.717, 1.165) is 12.8 Å². The van der Waals surface area contributed by atoms with Gasteiger partial charge in [0.2, 0.25) is 11.8 Å². The number of aliphatic hydroxyl groups excluding tert-OH is 1. The fourth-order valence-electron chi connectivity index (χ4n) is 2.87. The molecule has 31 heavy (non-hydrogen) atoms. The van der Waals surface area contributed by atoms with Gasteiger partial charge in [0.25, 0.3) is 0 Å². The number of alkyl carbamates (subject to hydrolysis) is 1. The van der Waals surface area contributed by atoms with Gasteiger partial charge < -0.3 is 25.4 Å². The van der Waals surface area contributed by atoms with E-state index in [2.05, 4.69) is 16.6 Å². The summed E-state index contributed by atoms with van der Waals surface area (Å²) in [5.74, 6) is 1.58. The molecule has 1 unspecified atom stereocenters. The second-order valence-electron chi connectivity index (χ2n) is 7.94. The van der Waals surface area contributed by atoms with Crippen LogP contribution in [0.4, 0.5) is 4.79 Å². The zero-order valence-corrected chi connectivity index (χ0v) is 18.7. The molecule has 1 rings (SSSR count). The van der Waals surface area contributed by atoms with E-state index in [0.29, 0.717) is 17.7 Å². The van der Waals surface area contributed by atoms with Crippen LogP contribution < -0.4 is 10.6 Å². The van der Waals surface area contributed by atoms with E-state index in [1.54, 1.807) is 45.0 Å². The van der Waals surface area contributed by atoms with Gasteiger partial charge in [0.05, 0.1) is 6.61 Å². The SMILES string of the molecule is C#Cc1ccccc1C(C(=O)NCCCC)N(CCO)C(=O)CNC(=O)OC(C)(C)C. The number of benzene rings is 1. The van der Waals surface area contributed by atoms with Crippen LogP contribution in [0.1, 0.15) is 57.7 Å². The molecule has 0 heterocycles. The van der Waals surface area contributed by atoms with Gasteiger partial charge in [-0.15, -0.1) is 6.42 Å². The molecule has 0 saturated heterocycles. The third-order valence-corrected chi connectivity index (χ3v) is 4.24. The molecule has 0 aliphatic heterocycles. The highest BCUT2D eigenvalue weighted by Crippen LogP contribution is 2.24. The van der Waals surface area contributed by atoms with Crippen molar-refractivity contribution in [2.75, 3.05) is 26.2 Å². The number of unbranched alkanes of at least 4 members (excludes halogenated alkanes) is 1. The molecule has 3 N–H and O–H groups in total. The number of nitrogens with zero attached hydrogens (tertiary/aromatic N) is 1. The predicted octanol–water partition coefficient (Wildman–Crippen LogP) is 1.97. The van der Waals surface area contributed by atoms with Crippen molar-refractivity contribution >= 4 is 17.9 Å². The van der Waals surface area contributed by atoms with Crippen LogP contribution in [0.25, 0.3) is 0 Å². The number of rotatable bonds is 10. The van der Waals surface area contributed by atoms with Gasteiger partial charge in [0, 0.05) is 18.7 Å². The Morgan fingerprint density at radius 2 is 1.90 bits per heavy atom. The minimum absolute atomic E-state index is 0.112. The van der Waals surface area contributed by atoms with E-state index in [1.165, 1.54) is 4.90 Å². The van der Waals surface area contributed by atoms with E-state index in [9.17, 15) is 19.5 Å². The minimum Gasteiger partial charge on any atom is -0.444 e. The number of carbonyl (C=O) groups excluding carboxylic acids is 3. The van der Waals surface area contributed by atoms with Crippen molar-refractivity contribution in [1.82, 2.24) is 15.5 Å². The Morgan fingerprint density at radius 1 is 1.23 bits per heavy atom. The van der Waals surface area contributed by atoms with Gasteiger partial charge in [-0.2, -0.15) is 0 Å². The molecule has 0 fully saturated rings. The van der Waals surface area contributed by atoms with Gasteiger partial charge in [-0.05, 0) is 38.8 Å². The number of hydrogen-bond acceptors (Lipinski definition) is 5. The largest absolute Gasteiger partial charge is 0.444 e. The lowest BCUT2D eigenvalue weighted by Crippen LogP contribution is -2.49. The maximum absolute atomic E-state index is 13.1. The van der Waals surface area contributed by atoms with Crippen molar-refractivity contribution in [2.45, 2.75) is 52.2 Å². The van der Waals surface area contributed by atoms with Gasteiger partial charge in [0.15, 0.2) is 0 Å². The summed E-state index contributed by atoms with van der Waals surface area (Å²) in [6, 6.07) is 5.78. The topological polar surface area (TPSA) is 108 Å². The molecule has 8 heteroatoms. The molecule has 1 aromatic rings. The van der Waals surface area contributed by atoms with Crippen LogP contribution in [0.5, 0.6) is 0 Å². The van der Waals surface area contributed by atoms with E-state index in [4.69, 9.17) is 11.2 Å². The Labute approximate surface area is 184 Å². The van der Waals surface area contributed by atoms with E-state index in [1.807, 2.05) is 6.92 Å². The number of aliphatic hydroxyl groups is 1. The first-order valence-electron chi connectivity index (χ1n) is 10.3. The molecule has 3 amide bonds. The molecule has 1 aromatic carbocycles. The summed E-state index contributed by atoms with van der Waals surface area (Å²) in [5.41, 5.74) is 0.220. The van der Waals surface area contributed by atoms with Crippen LogP contribution in [-0.4, -0.2) is 59.8 Å². The maximum Gasteiger partial charge on any atom is 0.408 e. The van der Waals surface area contributed by atoms with Gasteiger partial charge >= 0.3 is 6.09 Å². The smallest absolute Gasteiger partial charge is 0.408 e. The van der Waals surface area contributed by atoms with Gasteiger partial charge in [-0.25, -0.2) is 4.79 Å². The fourth-order valence-corrected chi connectivity index (χ4v) is 2.87. The van der Waals surface area contributed by atoms with E-state index < -0.39 is 36.1 Å². The lowest BCUT2D eigenvalue weighted by Gasteiger charge is -2.31. The van der Waals surface area contributed by atoms with Crippen molar-refractivity contribution in [2.24, 2.45) is 0 Å². The second kappa shape index (κ2) is 12.6. The summed E-state index contributed by atoms with van der Waals surface area (Å²) in [4.78, 5) is 39.2. The molecule has 170 valence electrons. The van der Waals surface area contributed by atoms with Crippen LogP contribution >= 0.6 is 0 Å². The Bertz CT molecular complexity index is 795. The summed E-state index contributed by atoms with van der Waals surface area (Å²) in [5, 5.41) is 14.8. The Kier molecular flexibility index (Phi) is 10.6. The molecule has 0 aromatic heterocycles. The maximum atomic E-state index is 13.1. The zero-order chi connectivity index (χ0) is 23.4. The average Bonchev–Trinajstić information content (AvgIpc) is 2.71. The molecular formula is C23H33N3O5. The number of nitrogens with one attached hydrogen (secondary N) is 2. The zero-order valence-electron chi connectivity index (χ0n) is 18.7. The summed E-state index contributed by atoms with van der Waals surface area (Å²) >= 11 is 0. The molecule has 0 radical (unpaired) electrons. The lowest BCUT2D eigenvalue weighted by molar-refractivity contribution is -0.140. The van der Waals surface area contributed by atoms with Crippen LogP contribution in [-0.2, 0) is 14.3 Å². The van der Waals surface area contributed by atoms with Crippen molar-refractivity contribution in [3.8, 4) is 12.3 Å². The van der Waals surface area contributed by atoms with E-state index >= 15 is 0 Å². The van der Waals surface area contributed by atoms with E-state index in [-0.39, 0.29) is 13.2 Å². The first-order valence-corrected chi connectivity index (χ1v) is 10.3. The summed E-state index contributed by atoms with van der Waals surface area (Å²) in [6.45, 7) is 6.70. The van der Waals surface area contributed by atoms with Gasteiger partial charge in [-0.1, -0.05) is 37.5 Å². The normalized spacial score (nSPS) is 11.7. The summed E-state index contributed by atoms with van der Waals surface area (Å²) in [7, 11) is 0. The molecular weight excluding hydrogens is 398 g/mol. The number of terminal acetylenes is 1. The number of ether oxygens (including phenoxy) is 1. The molecule has 0 saturated carbocycles. The molecule has 0 aliphatic rings. The number of amides is 3. The molecule has 0 aliphatic carbocycles. The minimum atomic E-state index is -1.05. The predicted molar refractivity (Wildman–Crippen MR) is 118 cm³/mol. The third-order valence-electron chi connectivity index (χ3n) is 4.24. The standard InChI is InChI=1S/C23H33N3O5/c1-6-8-13-24-21(29)20(18-12-10-9-11-17(18)7-2)26(14-15-27)19(28)16-25-22(30)31-23(3,4)5/h2,9-12,20,27H,6,8,13-16H2,1,3-5H3,(H,24,29)(H,25,30). The summed E-state index contributed by atoms with van der Waals surface area (Å²) < 4.78 is 5.15. The van der Waals surface area contributed by atoms with Crippen molar-refractivity contribution in [1.29, 1.82) is 0 Å². The second-order valence-corrected chi connectivity index (χ2v) is 7.94. The van der Waals surface area contributed by atoms with Gasteiger partial charge in [-0.3, -0.25) is 9.59 Å². The number of hydrogen-bond donors (Lipinski definition) is 3. The Morgan fingerprint density at radius 3 is 2.48 bits per heavy atom. The molecule has 1 atom stereocenters. The average molecular weight is 432 g/mol.